The first-order chi connectivity index (χ1) is 9.56. The number of aryl methyl sites for hydroxylation is 2. The second-order valence-electron chi connectivity index (χ2n) is 4.91. The minimum atomic E-state index is -0.843. The van der Waals surface area contributed by atoms with Crippen molar-refractivity contribution < 1.29 is 9.90 Å². The molecule has 1 heterocycles. The molecule has 106 valence electrons. The Hall–Kier alpha value is -1.65. The lowest BCUT2D eigenvalue weighted by Crippen LogP contribution is -2.16. The second kappa shape index (κ2) is 6.68. The van der Waals surface area contributed by atoms with Gasteiger partial charge in [-0.15, -0.1) is 11.3 Å². The minimum Gasteiger partial charge on any atom is -0.477 e. The highest BCUT2D eigenvalue weighted by Gasteiger charge is 2.10. The quantitative estimate of drug-likeness (QED) is 0.801. The van der Waals surface area contributed by atoms with E-state index in [1.807, 2.05) is 6.92 Å². The molecule has 2 rings (SSSR count). The molecule has 0 aliphatic carbocycles. The molecular formula is C16H19NO2S. The van der Waals surface area contributed by atoms with Crippen molar-refractivity contribution in [2.24, 2.45) is 0 Å². The predicted octanol–water partition coefficient (Wildman–Crippen LogP) is 3.40. The summed E-state index contributed by atoms with van der Waals surface area (Å²) >= 11 is 1.34. The van der Waals surface area contributed by atoms with Crippen LogP contribution in [0.4, 0.5) is 0 Å². The highest BCUT2D eigenvalue weighted by atomic mass is 32.1. The number of hydrogen-bond donors (Lipinski definition) is 2. The third kappa shape index (κ3) is 3.92. The number of aromatic carboxylic acids is 1. The van der Waals surface area contributed by atoms with Crippen LogP contribution in [-0.2, 0) is 13.0 Å². The molecule has 0 unspecified atom stereocenters. The Morgan fingerprint density at radius 3 is 2.75 bits per heavy atom. The summed E-state index contributed by atoms with van der Waals surface area (Å²) in [4.78, 5) is 12.4. The van der Waals surface area contributed by atoms with E-state index in [4.69, 9.17) is 5.11 Å². The number of thiophene rings is 1. The van der Waals surface area contributed by atoms with E-state index < -0.39 is 5.97 Å². The van der Waals surface area contributed by atoms with Crippen molar-refractivity contribution in [3.8, 4) is 0 Å². The van der Waals surface area contributed by atoms with Gasteiger partial charge in [0.25, 0.3) is 0 Å². The highest BCUT2D eigenvalue weighted by Crippen LogP contribution is 2.21. The molecule has 20 heavy (non-hydrogen) atoms. The van der Waals surface area contributed by atoms with E-state index in [9.17, 15) is 4.79 Å². The zero-order valence-corrected chi connectivity index (χ0v) is 12.6. The van der Waals surface area contributed by atoms with Crippen LogP contribution in [0, 0.1) is 13.8 Å². The molecule has 2 aromatic rings. The lowest BCUT2D eigenvalue weighted by atomic mass is 10.1. The van der Waals surface area contributed by atoms with Gasteiger partial charge in [0.05, 0.1) is 0 Å². The van der Waals surface area contributed by atoms with E-state index in [1.165, 1.54) is 22.5 Å². The minimum absolute atomic E-state index is 0.415. The zero-order valence-electron chi connectivity index (χ0n) is 11.8. The van der Waals surface area contributed by atoms with Crippen LogP contribution in [0.15, 0.2) is 30.3 Å². The maximum atomic E-state index is 10.9. The first kappa shape index (κ1) is 14.8. The number of hydrogen-bond acceptors (Lipinski definition) is 3. The summed E-state index contributed by atoms with van der Waals surface area (Å²) in [6.45, 7) is 5.68. The van der Waals surface area contributed by atoms with Gasteiger partial charge in [-0.2, -0.15) is 0 Å². The fraction of sp³-hybridized carbons (Fsp3) is 0.312. The maximum Gasteiger partial charge on any atom is 0.345 e. The van der Waals surface area contributed by atoms with Crippen LogP contribution < -0.4 is 5.32 Å². The molecule has 3 nitrogen and oxygen atoms in total. The van der Waals surface area contributed by atoms with Crippen molar-refractivity contribution in [1.82, 2.24) is 5.32 Å². The van der Waals surface area contributed by atoms with Gasteiger partial charge in [0.15, 0.2) is 0 Å². The zero-order chi connectivity index (χ0) is 14.5. The Morgan fingerprint density at radius 1 is 1.30 bits per heavy atom. The predicted molar refractivity (Wildman–Crippen MR) is 82.6 cm³/mol. The van der Waals surface area contributed by atoms with E-state index >= 15 is 0 Å². The van der Waals surface area contributed by atoms with Gasteiger partial charge in [-0.3, -0.25) is 0 Å². The average Bonchev–Trinajstić information content (AvgIpc) is 2.77. The molecular weight excluding hydrogens is 270 g/mol. The van der Waals surface area contributed by atoms with E-state index in [1.54, 1.807) is 6.07 Å². The highest BCUT2D eigenvalue weighted by molar-refractivity contribution is 7.14. The SMILES string of the molecule is Cc1cccc(CCNCc2cc(C(=O)O)sc2C)c1. The molecule has 0 bridgehead atoms. The third-order valence-corrected chi connectivity index (χ3v) is 4.30. The van der Waals surface area contributed by atoms with Crippen LogP contribution in [0.2, 0.25) is 0 Å². The van der Waals surface area contributed by atoms with Crippen LogP contribution in [0.25, 0.3) is 0 Å². The molecule has 0 fully saturated rings. The first-order valence-corrected chi connectivity index (χ1v) is 7.47. The number of benzene rings is 1. The molecule has 2 N–H and O–H groups in total. The molecule has 0 amide bonds. The standard InChI is InChI=1S/C16H19NO2S/c1-11-4-3-5-13(8-11)6-7-17-10-14-9-15(16(18)19)20-12(14)2/h3-5,8-9,17H,6-7,10H2,1-2H3,(H,18,19). The lowest BCUT2D eigenvalue weighted by molar-refractivity contribution is 0.0702. The van der Waals surface area contributed by atoms with Crippen LogP contribution in [-0.4, -0.2) is 17.6 Å². The summed E-state index contributed by atoms with van der Waals surface area (Å²) in [6.07, 6.45) is 0.983. The van der Waals surface area contributed by atoms with Crippen molar-refractivity contribution >= 4 is 17.3 Å². The molecule has 0 aliphatic rings. The van der Waals surface area contributed by atoms with E-state index in [0.717, 1.165) is 30.0 Å². The Bertz CT molecular complexity index is 604. The van der Waals surface area contributed by atoms with Gasteiger partial charge in [-0.1, -0.05) is 29.8 Å². The number of carboxylic acid groups (broad SMARTS) is 1. The molecule has 0 spiro atoms. The molecule has 0 saturated heterocycles. The summed E-state index contributed by atoms with van der Waals surface area (Å²) in [6, 6.07) is 10.3. The van der Waals surface area contributed by atoms with Crippen molar-refractivity contribution in [3.05, 3.63) is 56.8 Å². The normalized spacial score (nSPS) is 10.7. The average molecular weight is 289 g/mol. The number of nitrogens with one attached hydrogen (secondary N) is 1. The van der Waals surface area contributed by atoms with E-state index in [0.29, 0.717) is 4.88 Å². The van der Waals surface area contributed by atoms with Gasteiger partial charge in [-0.05, 0) is 44.0 Å². The largest absolute Gasteiger partial charge is 0.477 e. The van der Waals surface area contributed by atoms with Gasteiger partial charge in [-0.25, -0.2) is 4.79 Å². The topological polar surface area (TPSA) is 49.3 Å². The fourth-order valence-electron chi connectivity index (χ4n) is 2.12. The van der Waals surface area contributed by atoms with E-state index in [2.05, 4.69) is 36.5 Å². The van der Waals surface area contributed by atoms with Crippen LogP contribution in [0.1, 0.15) is 31.2 Å². The lowest BCUT2D eigenvalue weighted by Gasteiger charge is -2.05. The van der Waals surface area contributed by atoms with Crippen molar-refractivity contribution in [3.63, 3.8) is 0 Å². The molecule has 0 aliphatic heterocycles. The van der Waals surface area contributed by atoms with E-state index in [-0.39, 0.29) is 0 Å². The van der Waals surface area contributed by atoms with Gasteiger partial charge < -0.3 is 10.4 Å². The van der Waals surface area contributed by atoms with Gasteiger partial charge in [0.1, 0.15) is 4.88 Å². The molecule has 0 atom stereocenters. The summed E-state index contributed by atoms with van der Waals surface area (Å²) in [5.74, 6) is -0.843. The Morgan fingerprint density at radius 2 is 2.10 bits per heavy atom. The molecule has 4 heteroatoms. The number of carboxylic acids is 1. The van der Waals surface area contributed by atoms with Gasteiger partial charge in [0.2, 0.25) is 0 Å². The summed E-state index contributed by atoms with van der Waals surface area (Å²) in [7, 11) is 0. The van der Waals surface area contributed by atoms with Gasteiger partial charge in [0, 0.05) is 11.4 Å². The van der Waals surface area contributed by atoms with Crippen molar-refractivity contribution in [1.29, 1.82) is 0 Å². The second-order valence-corrected chi connectivity index (χ2v) is 6.17. The summed E-state index contributed by atoms with van der Waals surface area (Å²) in [5, 5.41) is 12.3. The molecule has 1 aromatic carbocycles. The van der Waals surface area contributed by atoms with Crippen molar-refractivity contribution in [2.75, 3.05) is 6.54 Å². The number of rotatable bonds is 6. The van der Waals surface area contributed by atoms with Crippen molar-refractivity contribution in [2.45, 2.75) is 26.8 Å². The smallest absolute Gasteiger partial charge is 0.345 e. The fourth-order valence-corrected chi connectivity index (χ4v) is 3.00. The third-order valence-electron chi connectivity index (χ3n) is 3.22. The Balaban J connectivity index is 1.83. The summed E-state index contributed by atoms with van der Waals surface area (Å²) < 4.78 is 0. The Labute approximate surface area is 123 Å². The maximum absolute atomic E-state index is 10.9. The Kier molecular flexibility index (Phi) is 4.93. The van der Waals surface area contributed by atoms with Gasteiger partial charge >= 0.3 is 5.97 Å². The molecule has 0 saturated carbocycles. The monoisotopic (exact) mass is 289 g/mol. The molecule has 0 radical (unpaired) electrons. The first-order valence-electron chi connectivity index (χ1n) is 6.65. The van der Waals surface area contributed by atoms with Crippen LogP contribution in [0.3, 0.4) is 0 Å². The van der Waals surface area contributed by atoms with Crippen LogP contribution >= 0.6 is 11.3 Å². The summed E-state index contributed by atoms with van der Waals surface area (Å²) in [5.41, 5.74) is 3.68. The number of carbonyl (C=O) groups is 1. The van der Waals surface area contributed by atoms with Crippen LogP contribution in [0.5, 0.6) is 0 Å². The molecule has 1 aromatic heterocycles.